The van der Waals surface area contributed by atoms with E-state index in [0.29, 0.717) is 43.2 Å². The third-order valence-electron chi connectivity index (χ3n) is 5.35. The van der Waals surface area contributed by atoms with Crippen molar-refractivity contribution in [1.29, 1.82) is 0 Å². The second kappa shape index (κ2) is 11.9. The first kappa shape index (κ1) is 26.8. The minimum atomic E-state index is -0.498. The number of imide groups is 1. The van der Waals surface area contributed by atoms with E-state index in [4.69, 9.17) is 9.47 Å². The van der Waals surface area contributed by atoms with E-state index in [1.54, 1.807) is 23.1 Å². The highest BCUT2D eigenvalue weighted by molar-refractivity contribution is 14.1. The van der Waals surface area contributed by atoms with Crippen LogP contribution in [0, 0.1) is 17.3 Å². The molecule has 2 aliphatic rings. The molecule has 2 heterocycles. The summed E-state index contributed by atoms with van der Waals surface area (Å²) in [6, 6.07) is 9.88. The van der Waals surface area contributed by atoms with E-state index in [-0.39, 0.29) is 29.7 Å². The van der Waals surface area contributed by atoms with Crippen molar-refractivity contribution in [2.24, 2.45) is 0 Å². The highest BCUT2D eigenvalue weighted by Gasteiger charge is 2.37. The highest BCUT2D eigenvalue weighted by atomic mass is 127. The molecule has 3 amide bonds. The molecule has 0 saturated carbocycles. The first-order chi connectivity index (χ1) is 17.2. The van der Waals surface area contributed by atoms with Gasteiger partial charge in [-0.25, -0.2) is 0 Å². The number of nitro benzene ring substituents is 1. The van der Waals surface area contributed by atoms with Crippen LogP contribution in [-0.4, -0.2) is 64.6 Å². The number of rotatable bonds is 7. The molecule has 10 nitrogen and oxygen atoms in total. The number of carbonyl (C=O) groups is 3. The van der Waals surface area contributed by atoms with Crippen LogP contribution in [0.2, 0.25) is 0 Å². The zero-order chi connectivity index (χ0) is 25.8. The van der Waals surface area contributed by atoms with E-state index in [2.05, 4.69) is 45.2 Å². The molecular formula is C23H19I2N3O7S. The molecule has 0 aliphatic carbocycles. The molecule has 0 atom stereocenters. The number of amides is 3. The molecule has 4 rings (SSSR count). The lowest BCUT2D eigenvalue weighted by molar-refractivity contribution is -0.384. The van der Waals surface area contributed by atoms with Crippen LogP contribution >= 0.6 is 56.9 Å². The zero-order valence-corrected chi connectivity index (χ0v) is 23.8. The predicted octanol–water partition coefficient (Wildman–Crippen LogP) is 4.28. The maximum absolute atomic E-state index is 12.9. The van der Waals surface area contributed by atoms with Crippen molar-refractivity contribution in [2.45, 2.75) is 6.61 Å². The summed E-state index contributed by atoms with van der Waals surface area (Å²) in [7, 11) is 0. The maximum atomic E-state index is 12.9. The zero-order valence-electron chi connectivity index (χ0n) is 18.6. The maximum Gasteiger partial charge on any atom is 0.294 e. The van der Waals surface area contributed by atoms with E-state index in [1.165, 1.54) is 12.1 Å². The molecular weight excluding hydrogens is 716 g/mol. The summed E-state index contributed by atoms with van der Waals surface area (Å²) in [6.45, 7) is 1.63. The standard InChI is InChI=1S/C23H19I2N3O7S/c24-17-9-15(10-18(25)21(17)35-13-14-2-1-3-16(8-14)28(32)33)11-19-22(30)27(23(31)36-19)12-20(29)26-4-6-34-7-5-26/h1-3,8-11H,4-7,12-13H2/b19-11+. The number of morpholine rings is 1. The largest absolute Gasteiger partial charge is 0.487 e. The molecule has 36 heavy (non-hydrogen) atoms. The van der Waals surface area contributed by atoms with Gasteiger partial charge in [-0.1, -0.05) is 12.1 Å². The summed E-state index contributed by atoms with van der Waals surface area (Å²) in [5.74, 6) is -0.164. The van der Waals surface area contributed by atoms with Crippen molar-refractivity contribution in [2.75, 3.05) is 32.8 Å². The number of carbonyl (C=O) groups excluding carboxylic acids is 3. The van der Waals surface area contributed by atoms with Gasteiger partial charge >= 0.3 is 0 Å². The number of benzene rings is 2. The smallest absolute Gasteiger partial charge is 0.294 e. The van der Waals surface area contributed by atoms with Gasteiger partial charge in [0.05, 0.1) is 30.2 Å². The minimum Gasteiger partial charge on any atom is -0.487 e. The molecule has 0 spiro atoms. The Morgan fingerprint density at radius 1 is 1.17 bits per heavy atom. The Morgan fingerprint density at radius 3 is 2.53 bits per heavy atom. The van der Waals surface area contributed by atoms with Crippen LogP contribution < -0.4 is 4.74 Å². The Balaban J connectivity index is 1.45. The normalized spacial score (nSPS) is 17.1. The summed E-state index contributed by atoms with van der Waals surface area (Å²) < 4.78 is 12.7. The van der Waals surface area contributed by atoms with Gasteiger partial charge < -0.3 is 14.4 Å². The second-order valence-corrected chi connectivity index (χ2v) is 11.1. The number of halogens is 2. The van der Waals surface area contributed by atoms with E-state index >= 15 is 0 Å². The fourth-order valence-electron chi connectivity index (χ4n) is 3.55. The number of ether oxygens (including phenoxy) is 2. The van der Waals surface area contributed by atoms with Crippen molar-refractivity contribution in [3.8, 4) is 5.75 Å². The van der Waals surface area contributed by atoms with E-state index < -0.39 is 16.1 Å². The third kappa shape index (κ3) is 6.36. The predicted molar refractivity (Wildman–Crippen MR) is 149 cm³/mol. The van der Waals surface area contributed by atoms with Crippen molar-refractivity contribution in [3.05, 3.63) is 69.7 Å². The van der Waals surface area contributed by atoms with Crippen molar-refractivity contribution in [1.82, 2.24) is 9.80 Å². The Kier molecular flexibility index (Phi) is 8.84. The SMILES string of the molecule is O=C(CN1C(=O)S/C(=C/c2cc(I)c(OCc3cccc([N+](=O)[O-])c3)c(I)c2)C1=O)N1CCOCC1. The van der Waals surface area contributed by atoms with Gasteiger partial charge in [0.1, 0.15) is 18.9 Å². The topological polar surface area (TPSA) is 119 Å². The number of thioether (sulfide) groups is 1. The molecule has 0 radical (unpaired) electrons. The van der Waals surface area contributed by atoms with Crippen molar-refractivity contribution in [3.63, 3.8) is 0 Å². The van der Waals surface area contributed by atoms with Gasteiger partial charge in [0.25, 0.3) is 16.8 Å². The van der Waals surface area contributed by atoms with Gasteiger partial charge in [-0.2, -0.15) is 0 Å². The summed E-state index contributed by atoms with van der Waals surface area (Å²) in [5.41, 5.74) is 1.37. The van der Waals surface area contributed by atoms with Crippen LogP contribution in [0.1, 0.15) is 11.1 Å². The van der Waals surface area contributed by atoms with Crippen LogP contribution in [0.4, 0.5) is 10.5 Å². The van der Waals surface area contributed by atoms with Gasteiger partial charge in [-0.3, -0.25) is 29.4 Å². The molecule has 13 heteroatoms. The number of nitrogens with zero attached hydrogens (tertiary/aromatic N) is 3. The quantitative estimate of drug-likeness (QED) is 0.179. The number of hydrogen-bond donors (Lipinski definition) is 0. The van der Waals surface area contributed by atoms with E-state index in [9.17, 15) is 24.5 Å². The van der Waals surface area contributed by atoms with Gasteiger partial charge in [0.15, 0.2) is 0 Å². The summed E-state index contributed by atoms with van der Waals surface area (Å²) in [6.07, 6.45) is 1.62. The number of nitro groups is 1. The summed E-state index contributed by atoms with van der Waals surface area (Å²) in [5, 5.41) is 10.5. The molecule has 0 N–H and O–H groups in total. The molecule has 2 aliphatic heterocycles. The monoisotopic (exact) mass is 735 g/mol. The number of non-ortho nitro benzene ring substituents is 1. The number of hydrogen-bond acceptors (Lipinski definition) is 8. The molecule has 0 aromatic heterocycles. The first-order valence-corrected chi connectivity index (χ1v) is 13.7. The molecule has 2 fully saturated rings. The molecule has 0 bridgehead atoms. The molecule has 188 valence electrons. The Labute approximate surface area is 237 Å². The average molecular weight is 735 g/mol. The lowest BCUT2D eigenvalue weighted by Crippen LogP contribution is -2.46. The second-order valence-electron chi connectivity index (χ2n) is 7.79. The first-order valence-electron chi connectivity index (χ1n) is 10.7. The van der Waals surface area contributed by atoms with Crippen LogP contribution in [-0.2, 0) is 20.9 Å². The van der Waals surface area contributed by atoms with Gasteiger partial charge in [0, 0.05) is 25.2 Å². The summed E-state index contributed by atoms with van der Waals surface area (Å²) in [4.78, 5) is 51.1. The van der Waals surface area contributed by atoms with E-state index in [1.807, 2.05) is 12.1 Å². The fourth-order valence-corrected chi connectivity index (χ4v) is 6.52. The van der Waals surface area contributed by atoms with Gasteiger partial charge in [-0.15, -0.1) is 0 Å². The molecule has 2 saturated heterocycles. The highest BCUT2D eigenvalue weighted by Crippen LogP contribution is 2.35. The van der Waals surface area contributed by atoms with E-state index in [0.717, 1.165) is 23.8 Å². The Morgan fingerprint density at radius 2 is 1.86 bits per heavy atom. The lowest BCUT2D eigenvalue weighted by Gasteiger charge is -2.28. The molecule has 2 aromatic rings. The van der Waals surface area contributed by atoms with Crippen LogP contribution in [0.15, 0.2) is 41.3 Å². The van der Waals surface area contributed by atoms with Crippen molar-refractivity contribution < 1.29 is 28.8 Å². The van der Waals surface area contributed by atoms with Crippen LogP contribution in [0.5, 0.6) is 5.75 Å². The van der Waals surface area contributed by atoms with Gasteiger partial charge in [0.2, 0.25) is 5.91 Å². The molecule has 0 unspecified atom stereocenters. The third-order valence-corrected chi connectivity index (χ3v) is 7.86. The lowest BCUT2D eigenvalue weighted by atomic mass is 10.2. The van der Waals surface area contributed by atoms with Gasteiger partial charge in [-0.05, 0) is 86.3 Å². The van der Waals surface area contributed by atoms with Crippen LogP contribution in [0.25, 0.3) is 6.08 Å². The Hall–Kier alpha value is -2.24. The Bertz CT molecular complexity index is 1240. The van der Waals surface area contributed by atoms with Crippen molar-refractivity contribution >= 4 is 85.8 Å². The van der Waals surface area contributed by atoms with Crippen LogP contribution in [0.3, 0.4) is 0 Å². The summed E-state index contributed by atoms with van der Waals surface area (Å²) >= 11 is 5.04. The fraction of sp³-hybridized carbons (Fsp3) is 0.261. The molecule has 2 aromatic carbocycles. The minimum absolute atomic E-state index is 0.00330. The average Bonchev–Trinajstić information content (AvgIpc) is 3.11.